The summed E-state index contributed by atoms with van der Waals surface area (Å²) in [6.07, 6.45) is 2.88. The molecule has 1 aliphatic heterocycles. The second-order valence-corrected chi connectivity index (χ2v) is 9.26. The smallest absolute Gasteiger partial charge is 0.274 e. The van der Waals surface area contributed by atoms with Crippen LogP contribution in [0.1, 0.15) is 25.7 Å². The first-order chi connectivity index (χ1) is 11.0. The van der Waals surface area contributed by atoms with Gasteiger partial charge in [-0.3, -0.25) is 0 Å². The van der Waals surface area contributed by atoms with Gasteiger partial charge >= 0.3 is 0 Å². The van der Waals surface area contributed by atoms with Crippen LogP contribution in [0.3, 0.4) is 0 Å². The molecule has 1 aliphatic carbocycles. The SMILES string of the molecule is O=S(=O)(C1CC1)N1CCC(Oc2nc3ccc(F)cc3s2)CC1. The van der Waals surface area contributed by atoms with Crippen LogP contribution >= 0.6 is 11.3 Å². The van der Waals surface area contributed by atoms with E-state index >= 15 is 0 Å². The number of hydrogen-bond donors (Lipinski definition) is 0. The molecule has 2 aromatic rings. The zero-order valence-electron chi connectivity index (χ0n) is 12.4. The first-order valence-electron chi connectivity index (χ1n) is 7.74. The molecular formula is C15H17FN2O3S2. The number of halogens is 1. The third-order valence-corrected chi connectivity index (χ3v) is 7.61. The van der Waals surface area contributed by atoms with Gasteiger partial charge in [0, 0.05) is 13.1 Å². The molecule has 0 amide bonds. The lowest BCUT2D eigenvalue weighted by molar-refractivity contribution is 0.135. The topological polar surface area (TPSA) is 59.5 Å². The highest BCUT2D eigenvalue weighted by Crippen LogP contribution is 2.34. The Kier molecular flexibility index (Phi) is 3.78. The highest BCUT2D eigenvalue weighted by atomic mass is 32.2. The Hall–Kier alpha value is -1.25. The maximum Gasteiger partial charge on any atom is 0.274 e. The van der Waals surface area contributed by atoms with Crippen molar-refractivity contribution in [3.05, 3.63) is 24.0 Å². The minimum Gasteiger partial charge on any atom is -0.467 e. The largest absolute Gasteiger partial charge is 0.467 e. The predicted molar refractivity (Wildman–Crippen MR) is 86.7 cm³/mol. The zero-order chi connectivity index (χ0) is 16.0. The number of rotatable bonds is 4. The van der Waals surface area contributed by atoms with E-state index in [2.05, 4.69) is 4.98 Å². The second-order valence-electron chi connectivity index (χ2n) is 6.05. The van der Waals surface area contributed by atoms with Gasteiger partial charge in [0.2, 0.25) is 10.0 Å². The van der Waals surface area contributed by atoms with E-state index in [0.29, 0.717) is 31.1 Å². The van der Waals surface area contributed by atoms with Crippen molar-refractivity contribution >= 4 is 31.6 Å². The number of benzene rings is 1. The molecule has 1 aromatic carbocycles. The molecule has 0 radical (unpaired) electrons. The van der Waals surface area contributed by atoms with E-state index in [1.807, 2.05) is 0 Å². The quantitative estimate of drug-likeness (QED) is 0.845. The fraction of sp³-hybridized carbons (Fsp3) is 0.533. The van der Waals surface area contributed by atoms with Crippen LogP contribution < -0.4 is 4.74 Å². The van der Waals surface area contributed by atoms with E-state index < -0.39 is 10.0 Å². The molecule has 23 heavy (non-hydrogen) atoms. The Bertz CT molecular complexity index is 824. The number of aromatic nitrogens is 1. The van der Waals surface area contributed by atoms with Crippen molar-refractivity contribution in [1.29, 1.82) is 0 Å². The Balaban J connectivity index is 1.40. The lowest BCUT2D eigenvalue weighted by Crippen LogP contribution is -2.43. The summed E-state index contributed by atoms with van der Waals surface area (Å²) in [6.45, 7) is 1.01. The van der Waals surface area contributed by atoms with Crippen LogP contribution in [-0.4, -0.2) is 42.2 Å². The van der Waals surface area contributed by atoms with Crippen LogP contribution in [0, 0.1) is 5.82 Å². The van der Waals surface area contributed by atoms with Gasteiger partial charge in [0.1, 0.15) is 11.9 Å². The van der Waals surface area contributed by atoms with Crippen molar-refractivity contribution in [1.82, 2.24) is 9.29 Å². The molecular weight excluding hydrogens is 339 g/mol. The van der Waals surface area contributed by atoms with Gasteiger partial charge in [-0.15, -0.1) is 0 Å². The summed E-state index contributed by atoms with van der Waals surface area (Å²) in [5, 5.41) is 0.369. The van der Waals surface area contributed by atoms with Crippen molar-refractivity contribution in [2.75, 3.05) is 13.1 Å². The zero-order valence-corrected chi connectivity index (χ0v) is 14.1. The Morgan fingerprint density at radius 1 is 1.22 bits per heavy atom. The number of piperidine rings is 1. The summed E-state index contributed by atoms with van der Waals surface area (Å²) >= 11 is 1.32. The highest BCUT2D eigenvalue weighted by molar-refractivity contribution is 7.90. The molecule has 8 heteroatoms. The first kappa shape index (κ1) is 15.3. The van der Waals surface area contributed by atoms with E-state index in [1.54, 1.807) is 10.4 Å². The van der Waals surface area contributed by atoms with Crippen LogP contribution in [0.4, 0.5) is 4.39 Å². The van der Waals surface area contributed by atoms with Gasteiger partial charge in [-0.05, 0) is 43.9 Å². The molecule has 0 unspecified atom stereocenters. The van der Waals surface area contributed by atoms with E-state index in [0.717, 1.165) is 23.1 Å². The predicted octanol–water partition coefficient (Wildman–Crippen LogP) is 2.77. The average Bonchev–Trinajstić information content (AvgIpc) is 3.30. The van der Waals surface area contributed by atoms with E-state index in [-0.39, 0.29) is 17.2 Å². The monoisotopic (exact) mass is 356 g/mol. The van der Waals surface area contributed by atoms with Crippen LogP contribution in [0.15, 0.2) is 18.2 Å². The van der Waals surface area contributed by atoms with Gasteiger partial charge in [-0.25, -0.2) is 22.1 Å². The molecule has 4 rings (SSSR count). The molecule has 1 saturated carbocycles. The second kappa shape index (κ2) is 5.68. The molecule has 5 nitrogen and oxygen atoms in total. The summed E-state index contributed by atoms with van der Waals surface area (Å²) in [6, 6.07) is 4.47. The number of sulfonamides is 1. The molecule has 2 heterocycles. The fourth-order valence-electron chi connectivity index (χ4n) is 2.85. The molecule has 0 atom stereocenters. The van der Waals surface area contributed by atoms with E-state index in [9.17, 15) is 12.8 Å². The third kappa shape index (κ3) is 3.07. The van der Waals surface area contributed by atoms with Gasteiger partial charge in [-0.2, -0.15) is 0 Å². The normalized spacial score (nSPS) is 20.9. The maximum atomic E-state index is 13.2. The molecule has 2 fully saturated rings. The Labute approximate surface area is 138 Å². The Morgan fingerprint density at radius 3 is 2.65 bits per heavy atom. The van der Waals surface area contributed by atoms with Crippen LogP contribution in [0.25, 0.3) is 10.2 Å². The van der Waals surface area contributed by atoms with Gasteiger partial charge < -0.3 is 4.74 Å². The van der Waals surface area contributed by atoms with Crippen molar-refractivity contribution < 1.29 is 17.5 Å². The number of hydrogen-bond acceptors (Lipinski definition) is 5. The van der Waals surface area contributed by atoms with Crippen LogP contribution in [0.2, 0.25) is 0 Å². The lowest BCUT2D eigenvalue weighted by Gasteiger charge is -2.30. The Morgan fingerprint density at radius 2 is 1.96 bits per heavy atom. The maximum absolute atomic E-state index is 13.2. The van der Waals surface area contributed by atoms with Crippen molar-refractivity contribution in [3.63, 3.8) is 0 Å². The van der Waals surface area contributed by atoms with Gasteiger partial charge in [-0.1, -0.05) is 11.3 Å². The summed E-state index contributed by atoms with van der Waals surface area (Å²) in [7, 11) is -3.09. The summed E-state index contributed by atoms with van der Waals surface area (Å²) in [5.74, 6) is -0.286. The summed E-state index contributed by atoms with van der Waals surface area (Å²) < 4.78 is 45.8. The standard InChI is InChI=1S/C15H17FN2O3S2/c16-10-1-4-13-14(9-10)22-15(17-13)21-11-5-7-18(8-6-11)23(19,20)12-2-3-12/h1,4,9,11-12H,2-3,5-8H2. The molecule has 0 bridgehead atoms. The number of nitrogens with zero attached hydrogens (tertiary/aromatic N) is 2. The number of ether oxygens (including phenoxy) is 1. The van der Waals surface area contributed by atoms with Crippen molar-refractivity contribution in [2.24, 2.45) is 0 Å². The van der Waals surface area contributed by atoms with Gasteiger partial charge in [0.05, 0.1) is 15.5 Å². The van der Waals surface area contributed by atoms with E-state index in [4.69, 9.17) is 4.74 Å². The molecule has 1 saturated heterocycles. The minimum atomic E-state index is -3.09. The van der Waals surface area contributed by atoms with Gasteiger partial charge in [0.15, 0.2) is 0 Å². The summed E-state index contributed by atoms with van der Waals surface area (Å²) in [4.78, 5) is 4.35. The molecule has 2 aliphatic rings. The molecule has 0 N–H and O–H groups in total. The minimum absolute atomic E-state index is 0.0361. The molecule has 1 aromatic heterocycles. The van der Waals surface area contributed by atoms with Crippen LogP contribution in [0.5, 0.6) is 5.19 Å². The molecule has 0 spiro atoms. The third-order valence-electron chi connectivity index (χ3n) is 4.30. The lowest BCUT2D eigenvalue weighted by atomic mass is 10.1. The first-order valence-corrected chi connectivity index (χ1v) is 10.1. The highest BCUT2D eigenvalue weighted by Gasteiger charge is 2.41. The number of thiazole rings is 1. The average molecular weight is 356 g/mol. The van der Waals surface area contributed by atoms with Gasteiger partial charge in [0.25, 0.3) is 5.19 Å². The molecule has 124 valence electrons. The fourth-order valence-corrected chi connectivity index (χ4v) is 5.63. The number of fused-ring (bicyclic) bond motifs is 1. The van der Waals surface area contributed by atoms with Crippen molar-refractivity contribution in [2.45, 2.75) is 37.0 Å². The van der Waals surface area contributed by atoms with Crippen molar-refractivity contribution in [3.8, 4) is 5.19 Å². The van der Waals surface area contributed by atoms with Crippen LogP contribution in [-0.2, 0) is 10.0 Å². The summed E-state index contributed by atoms with van der Waals surface area (Å²) in [5.41, 5.74) is 0.722. The van der Waals surface area contributed by atoms with E-state index in [1.165, 1.54) is 23.5 Å².